The Morgan fingerprint density at radius 1 is 1.27 bits per heavy atom. The van der Waals surface area contributed by atoms with Crippen LogP contribution in [0, 0.1) is 0 Å². The van der Waals surface area contributed by atoms with Gasteiger partial charge in [0.15, 0.2) is 11.5 Å². The molecule has 1 atom stereocenters. The number of nitrogens with zero attached hydrogens (tertiary/aromatic N) is 1. The average molecular weight is 317 g/mol. The van der Waals surface area contributed by atoms with Crippen LogP contribution >= 0.6 is 11.3 Å². The first kappa shape index (κ1) is 15.4. The summed E-state index contributed by atoms with van der Waals surface area (Å²) in [7, 11) is 1.58. The summed E-state index contributed by atoms with van der Waals surface area (Å²) in [6, 6.07) is 10.6. The molecule has 1 aliphatic heterocycles. The van der Waals surface area contributed by atoms with Gasteiger partial charge in [-0.2, -0.15) is 0 Å². The van der Waals surface area contributed by atoms with Crippen molar-refractivity contribution in [2.75, 3.05) is 13.7 Å². The number of phenolic OH excluding ortho intramolecular Hbond substituents is 1. The number of benzene rings is 1. The molecule has 3 rings (SSSR count). The lowest BCUT2D eigenvalue weighted by Gasteiger charge is -2.29. The second kappa shape index (κ2) is 7.16. The van der Waals surface area contributed by atoms with Crippen LogP contribution in [0.4, 0.5) is 0 Å². The van der Waals surface area contributed by atoms with E-state index >= 15 is 0 Å². The van der Waals surface area contributed by atoms with E-state index in [4.69, 9.17) is 4.74 Å². The quantitative estimate of drug-likeness (QED) is 0.896. The fourth-order valence-corrected chi connectivity index (χ4v) is 4.12. The first-order chi connectivity index (χ1) is 10.8. The predicted molar refractivity (Wildman–Crippen MR) is 90.6 cm³/mol. The molecule has 2 aromatic rings. The highest BCUT2D eigenvalue weighted by Gasteiger charge is 2.23. The zero-order valence-electron chi connectivity index (χ0n) is 13.0. The van der Waals surface area contributed by atoms with Crippen LogP contribution in [0.2, 0.25) is 0 Å². The molecule has 0 saturated carbocycles. The van der Waals surface area contributed by atoms with Crippen molar-refractivity contribution in [3.8, 4) is 11.5 Å². The van der Waals surface area contributed by atoms with Crippen molar-refractivity contribution in [1.29, 1.82) is 0 Å². The van der Waals surface area contributed by atoms with Crippen molar-refractivity contribution in [2.45, 2.75) is 38.3 Å². The van der Waals surface area contributed by atoms with E-state index in [0.29, 0.717) is 11.8 Å². The molecule has 0 unspecified atom stereocenters. The molecular weight excluding hydrogens is 294 g/mol. The van der Waals surface area contributed by atoms with Crippen LogP contribution in [0.15, 0.2) is 35.7 Å². The Bertz CT molecular complexity index is 597. The second-order valence-electron chi connectivity index (χ2n) is 5.86. The van der Waals surface area contributed by atoms with Gasteiger partial charge < -0.3 is 9.84 Å². The molecule has 1 aliphatic rings. The monoisotopic (exact) mass is 317 g/mol. The molecule has 1 aromatic heterocycles. The molecule has 4 heteroatoms. The maximum Gasteiger partial charge on any atom is 0.160 e. The minimum atomic E-state index is 0.225. The van der Waals surface area contributed by atoms with Gasteiger partial charge in [0.25, 0.3) is 0 Å². The predicted octanol–water partition coefficient (Wildman–Crippen LogP) is 4.58. The molecule has 118 valence electrons. The third-order valence-corrected chi connectivity index (χ3v) is 5.34. The van der Waals surface area contributed by atoms with E-state index in [1.807, 2.05) is 23.5 Å². The van der Waals surface area contributed by atoms with Crippen LogP contribution < -0.4 is 4.74 Å². The van der Waals surface area contributed by atoms with Crippen molar-refractivity contribution in [3.63, 3.8) is 0 Å². The summed E-state index contributed by atoms with van der Waals surface area (Å²) in [5.41, 5.74) is 1.14. The number of ether oxygens (including phenoxy) is 1. The highest BCUT2D eigenvalue weighted by Crippen LogP contribution is 2.35. The van der Waals surface area contributed by atoms with Crippen LogP contribution in [-0.2, 0) is 6.54 Å². The molecule has 1 fully saturated rings. The lowest BCUT2D eigenvalue weighted by Crippen LogP contribution is -2.27. The second-order valence-corrected chi connectivity index (χ2v) is 6.84. The fraction of sp³-hybridized carbons (Fsp3) is 0.444. The smallest absolute Gasteiger partial charge is 0.160 e. The van der Waals surface area contributed by atoms with E-state index in [0.717, 1.165) is 18.7 Å². The number of phenols is 1. The summed E-state index contributed by atoms with van der Waals surface area (Å²) >= 11 is 1.85. The van der Waals surface area contributed by atoms with Gasteiger partial charge in [0, 0.05) is 17.5 Å². The molecule has 1 N–H and O–H groups in total. The molecule has 0 aliphatic carbocycles. The lowest BCUT2D eigenvalue weighted by molar-refractivity contribution is 0.195. The van der Waals surface area contributed by atoms with Crippen LogP contribution in [0.5, 0.6) is 11.5 Å². The number of methoxy groups -OCH3 is 1. The fourth-order valence-electron chi connectivity index (χ4n) is 3.23. The van der Waals surface area contributed by atoms with Crippen LogP contribution in [0.1, 0.15) is 42.2 Å². The van der Waals surface area contributed by atoms with E-state index in [1.54, 1.807) is 7.11 Å². The van der Waals surface area contributed by atoms with Crippen LogP contribution in [0.3, 0.4) is 0 Å². The molecule has 0 amide bonds. The maximum absolute atomic E-state index is 9.98. The molecule has 1 saturated heterocycles. The normalized spacial score (nSPS) is 19.8. The number of likely N-dealkylation sites (tertiary alicyclic amines) is 1. The Hall–Kier alpha value is -1.52. The summed E-state index contributed by atoms with van der Waals surface area (Å²) in [5.74, 6) is 0.761. The number of hydrogen-bond donors (Lipinski definition) is 1. The minimum absolute atomic E-state index is 0.225. The molecule has 22 heavy (non-hydrogen) atoms. The SMILES string of the molecule is COc1ccc(CN2CCCCC[C@@H]2c2cccs2)cc1O. The number of thiophene rings is 1. The Morgan fingerprint density at radius 2 is 2.18 bits per heavy atom. The highest BCUT2D eigenvalue weighted by molar-refractivity contribution is 7.10. The van der Waals surface area contributed by atoms with Gasteiger partial charge in [0.05, 0.1) is 7.11 Å². The average Bonchev–Trinajstić information content (AvgIpc) is 2.95. The number of hydrogen-bond acceptors (Lipinski definition) is 4. The standard InChI is InChI=1S/C18H23NO2S/c1-21-17-9-8-14(12-16(17)20)13-19-10-4-2-3-6-15(19)18-7-5-11-22-18/h5,7-9,11-12,15,20H,2-4,6,10,13H2,1H3/t15-/m1/s1. The maximum atomic E-state index is 9.98. The lowest BCUT2D eigenvalue weighted by atomic mass is 10.1. The largest absolute Gasteiger partial charge is 0.504 e. The van der Waals surface area contributed by atoms with Crippen LogP contribution in [0.25, 0.3) is 0 Å². The van der Waals surface area contributed by atoms with Gasteiger partial charge in [-0.15, -0.1) is 11.3 Å². The van der Waals surface area contributed by atoms with Gasteiger partial charge in [-0.25, -0.2) is 0 Å². The summed E-state index contributed by atoms with van der Waals surface area (Å²) in [6.45, 7) is 2.00. The third-order valence-electron chi connectivity index (χ3n) is 4.36. The summed E-state index contributed by atoms with van der Waals surface area (Å²) in [5, 5.41) is 12.1. The molecule has 3 nitrogen and oxygen atoms in total. The molecule has 2 heterocycles. The molecule has 1 aromatic carbocycles. The van der Waals surface area contributed by atoms with Gasteiger partial charge >= 0.3 is 0 Å². The van der Waals surface area contributed by atoms with Crippen molar-refractivity contribution in [2.24, 2.45) is 0 Å². The van der Waals surface area contributed by atoms with Gasteiger partial charge in [-0.1, -0.05) is 25.0 Å². The van der Waals surface area contributed by atoms with E-state index in [-0.39, 0.29) is 5.75 Å². The van der Waals surface area contributed by atoms with Gasteiger partial charge in [-0.3, -0.25) is 4.90 Å². The summed E-state index contributed by atoms with van der Waals surface area (Å²) in [6.07, 6.45) is 5.09. The zero-order valence-corrected chi connectivity index (χ0v) is 13.8. The third kappa shape index (κ3) is 3.45. The van der Waals surface area contributed by atoms with Gasteiger partial charge in [-0.05, 0) is 48.5 Å². The van der Waals surface area contributed by atoms with Crippen LogP contribution in [-0.4, -0.2) is 23.7 Å². The van der Waals surface area contributed by atoms with Crippen molar-refractivity contribution < 1.29 is 9.84 Å². The van der Waals surface area contributed by atoms with Crippen molar-refractivity contribution in [3.05, 3.63) is 46.2 Å². The van der Waals surface area contributed by atoms with E-state index in [2.05, 4.69) is 28.5 Å². The highest BCUT2D eigenvalue weighted by atomic mass is 32.1. The van der Waals surface area contributed by atoms with Crippen molar-refractivity contribution in [1.82, 2.24) is 4.90 Å². The minimum Gasteiger partial charge on any atom is -0.504 e. The number of rotatable bonds is 4. The molecule has 0 radical (unpaired) electrons. The topological polar surface area (TPSA) is 32.7 Å². The van der Waals surface area contributed by atoms with Crippen molar-refractivity contribution >= 4 is 11.3 Å². The first-order valence-corrected chi connectivity index (χ1v) is 8.79. The Balaban J connectivity index is 1.79. The zero-order chi connectivity index (χ0) is 15.4. The number of aromatic hydroxyl groups is 1. The Kier molecular flexibility index (Phi) is 5.01. The molecular formula is C18H23NO2S. The Labute approximate surface area is 136 Å². The summed E-state index contributed by atoms with van der Waals surface area (Å²) < 4.78 is 5.13. The van der Waals surface area contributed by atoms with Gasteiger partial charge in [0.2, 0.25) is 0 Å². The van der Waals surface area contributed by atoms with E-state index in [9.17, 15) is 5.11 Å². The molecule has 0 spiro atoms. The van der Waals surface area contributed by atoms with Gasteiger partial charge in [0.1, 0.15) is 0 Å². The summed E-state index contributed by atoms with van der Waals surface area (Å²) in [4.78, 5) is 4.01. The van der Waals surface area contributed by atoms with E-state index < -0.39 is 0 Å². The molecule has 0 bridgehead atoms. The Morgan fingerprint density at radius 3 is 2.91 bits per heavy atom. The first-order valence-electron chi connectivity index (χ1n) is 7.91. The van der Waals surface area contributed by atoms with E-state index in [1.165, 1.54) is 30.6 Å².